The number of aromatic hydroxyl groups is 1. The Kier molecular flexibility index (Phi) is 42.2. The highest BCUT2D eigenvalue weighted by molar-refractivity contribution is 8.00. The molecule has 3 aromatic carbocycles. The van der Waals surface area contributed by atoms with Gasteiger partial charge in [-0.25, -0.2) is 4.98 Å². The summed E-state index contributed by atoms with van der Waals surface area (Å²) in [5.41, 5.74) is 20.2. The largest absolute Gasteiger partial charge is 0.508 e. The number of fused-ring (bicyclic) bond motifs is 3. The highest BCUT2D eigenvalue weighted by Gasteiger charge is 2.44. The first-order valence-electron chi connectivity index (χ1n) is 46.1. The number of rotatable bonds is 29. The van der Waals surface area contributed by atoms with Crippen molar-refractivity contribution in [1.82, 2.24) is 97.6 Å². The Morgan fingerprint density at radius 2 is 1.15 bits per heavy atom. The van der Waals surface area contributed by atoms with Crippen LogP contribution in [0.15, 0.2) is 97.7 Å². The number of guanidine groups is 1. The molecule has 0 spiro atoms. The van der Waals surface area contributed by atoms with Crippen LogP contribution in [0.5, 0.6) is 5.75 Å². The van der Waals surface area contributed by atoms with Gasteiger partial charge in [-0.1, -0.05) is 102 Å². The molecule has 2 saturated heterocycles. The summed E-state index contributed by atoms with van der Waals surface area (Å²) in [5.74, 6) is -18.8. The molecule has 15 amide bonds. The van der Waals surface area contributed by atoms with E-state index >= 15 is 47.9 Å². The van der Waals surface area contributed by atoms with E-state index in [0.29, 0.717) is 76.3 Å². The number of imidazole rings is 1. The molecule has 43 nitrogen and oxygen atoms in total. The summed E-state index contributed by atoms with van der Waals surface area (Å²) in [7, 11) is 5.22. The molecular formula is C93H133N23O20S. The van der Waals surface area contributed by atoms with E-state index in [2.05, 4.69) is 73.1 Å². The van der Waals surface area contributed by atoms with Gasteiger partial charge in [-0.3, -0.25) is 91.8 Å². The van der Waals surface area contributed by atoms with E-state index in [1.165, 1.54) is 65.0 Å². The third-order valence-corrected chi connectivity index (χ3v) is 25.6. The van der Waals surface area contributed by atoms with Gasteiger partial charge >= 0.3 is 5.97 Å². The van der Waals surface area contributed by atoms with Gasteiger partial charge in [0.25, 0.3) is 0 Å². The number of phenolic OH excluding ortho intramolecular Hbond substituents is 1. The zero-order valence-electron chi connectivity index (χ0n) is 78.9. The number of aromatic amines is 3. The van der Waals surface area contributed by atoms with Crippen molar-refractivity contribution in [1.29, 1.82) is 5.41 Å². The number of likely N-dealkylation sites (N-methyl/N-ethyl adjacent to an activating group) is 4. The Labute approximate surface area is 798 Å². The van der Waals surface area contributed by atoms with Gasteiger partial charge in [0.1, 0.15) is 66.2 Å². The minimum Gasteiger partial charge on any atom is -0.508 e. The van der Waals surface area contributed by atoms with Crippen molar-refractivity contribution in [3.05, 3.63) is 120 Å². The van der Waals surface area contributed by atoms with Crippen molar-refractivity contribution in [3.8, 4) is 5.75 Å². The van der Waals surface area contributed by atoms with Crippen LogP contribution in [-0.4, -0.2) is 317 Å². The van der Waals surface area contributed by atoms with Crippen molar-refractivity contribution >= 4 is 140 Å². The Morgan fingerprint density at radius 1 is 0.584 bits per heavy atom. The maximum absolute atomic E-state index is 15.7. The summed E-state index contributed by atoms with van der Waals surface area (Å²) in [6.45, 7) is 6.59. The second kappa shape index (κ2) is 53.1. The van der Waals surface area contributed by atoms with Crippen LogP contribution >= 0.6 is 11.8 Å². The molecule has 44 heteroatoms. The maximum atomic E-state index is 15.7. The highest BCUT2D eigenvalue weighted by atomic mass is 32.2. The van der Waals surface area contributed by atoms with Crippen LogP contribution in [0.3, 0.4) is 0 Å². The summed E-state index contributed by atoms with van der Waals surface area (Å²) in [5, 5.41) is 67.7. The van der Waals surface area contributed by atoms with Gasteiger partial charge < -0.3 is 120 Å². The van der Waals surface area contributed by atoms with E-state index in [1.54, 1.807) is 86.6 Å². The molecule has 23 N–H and O–H groups in total. The second-order valence-corrected chi connectivity index (χ2v) is 36.5. The average molecular weight is 1930 g/mol. The number of benzene rings is 3. The number of primary amides is 2. The van der Waals surface area contributed by atoms with Crippen molar-refractivity contribution < 1.29 is 96.8 Å². The number of aliphatic carboxylic acids is 1. The molecule has 1 unspecified atom stereocenters. The number of amides is 15. The van der Waals surface area contributed by atoms with Crippen LogP contribution < -0.4 is 70.4 Å². The summed E-state index contributed by atoms with van der Waals surface area (Å²) < 4.78 is 0. The number of aliphatic hydroxyl groups excluding tert-OH is 1. The molecule has 3 aromatic heterocycles. The number of aromatic nitrogens is 4. The Bertz CT molecular complexity index is 5210. The molecule has 2 aliphatic heterocycles. The van der Waals surface area contributed by atoms with Gasteiger partial charge in [-0.2, -0.15) is 0 Å². The van der Waals surface area contributed by atoms with E-state index < -0.39 is 248 Å². The van der Waals surface area contributed by atoms with Crippen LogP contribution in [0, 0.1) is 17.2 Å². The summed E-state index contributed by atoms with van der Waals surface area (Å²) in [4.78, 5) is 268. The third-order valence-electron chi connectivity index (χ3n) is 24.5. The van der Waals surface area contributed by atoms with Gasteiger partial charge in [-0.05, 0) is 118 Å². The summed E-state index contributed by atoms with van der Waals surface area (Å²) in [6.07, 6.45) is 4.68. The van der Waals surface area contributed by atoms with E-state index in [-0.39, 0.29) is 89.0 Å². The van der Waals surface area contributed by atoms with Crippen molar-refractivity contribution in [2.75, 3.05) is 72.5 Å². The number of carbonyl (C=O) groups is 17. The van der Waals surface area contributed by atoms with E-state index in [0.717, 1.165) is 31.4 Å². The molecule has 5 heterocycles. The SMILES string of the molecule is CCCC[C@H]1C(=O)N(C)[C@@H](CCCC)C(=O)N[C@@H](CCCNC(=N)N)C(=O)N[C@H](C(=O)NCC(N)=O)CSCC(=O)N[C@@H](Cc2ccc(O)cc2)C(=O)N(C)[C@@H](CCC(=O)O)C(=O)N[C@@H](CC(N)=O)C(C)N2CCC[C@H]2C(=O)N[C@@H](Cc2cnc[nH]2)C(=O)N[C@@H](CC(C)C)C(=O)N(C)CC(=O)C[C@@H](Cc2c[nH]c3ccccc23)C(=O)N[C@@H](CO)C(=O)N[C@@H](Cc2c[nH]c3ccccc23)C(=O)N1C. The third kappa shape index (κ3) is 32.3. The van der Waals surface area contributed by atoms with Crippen LogP contribution in [0.4, 0.5) is 0 Å². The van der Waals surface area contributed by atoms with E-state index in [4.69, 9.17) is 22.6 Å². The highest BCUT2D eigenvalue weighted by Crippen LogP contribution is 2.29. The monoisotopic (exact) mass is 1920 g/mol. The lowest BCUT2D eigenvalue weighted by molar-refractivity contribution is -0.149. The second-order valence-electron chi connectivity index (χ2n) is 35.4. The molecule has 0 bridgehead atoms. The van der Waals surface area contributed by atoms with E-state index in [1.807, 2.05) is 13.8 Å². The number of carboxylic acids is 1. The molecule has 2 fully saturated rings. The molecule has 137 heavy (non-hydrogen) atoms. The predicted octanol–water partition coefficient (Wildman–Crippen LogP) is -0.635. The molecule has 0 radical (unpaired) electrons. The molecule has 0 aliphatic carbocycles. The Hall–Kier alpha value is -13.5. The number of ketones is 1. The number of nitrogens with zero attached hydrogens (tertiary/aromatic N) is 6. The first kappa shape index (κ1) is 109. The fourth-order valence-corrected chi connectivity index (χ4v) is 17.9. The number of aliphatic hydroxyl groups is 1. The summed E-state index contributed by atoms with van der Waals surface area (Å²) in [6, 6.07) is 1.03. The zero-order chi connectivity index (χ0) is 100. The molecule has 746 valence electrons. The lowest BCUT2D eigenvalue weighted by atomic mass is 9.92. The zero-order valence-corrected chi connectivity index (χ0v) is 79.7. The maximum Gasteiger partial charge on any atom is 0.303 e. The van der Waals surface area contributed by atoms with E-state index in [9.17, 15) is 48.9 Å². The normalized spacial score (nSPS) is 23.8. The standard InChI is InChI=1S/C93H133N23O20S/c1-10-12-25-73-86(130)105-65(24-18-34-99-93(96)97)83(127)111-72(82(126)102-46-78(95)121)49-137-50-79(122)104-69(37-54-28-30-59(118)31-29-54)90(134)113(7)74(32-33-80(123)124)87(131)106-66(42-77(94)120)53(5)116-35-19-27-75(116)88(132)107-67(41-58-45-98-51-103-58)84(128)108-68(36-52(3)4)89(133)112(6)47-60(119)39-55(38-56-43-100-63-22-16-14-20-61(56)63)81(125)110-71(48-117)85(129)109-70(40-57-44-101-64-23-17-15-21-62(57)64)91(135)115(9)76(26-13-11-2)92(136)114(73)8/h14-17,20-23,28-31,43-45,51-53,55,65-76,100-101,117-118H,10-13,18-19,24-27,32-42,46-50H2,1-9H3,(H2,94,120)(H2,95,121)(H,98,103)(H,102,126)(H,104,122)(H,105,130)(H,106,131)(H,107,132)(H,108,128)(H,109,129)(H,110,125)(H,111,127)(H,123,124)(H4,96,97,99)/t53?,55-,65+,66+,67+,68+,69+,70+,71+,72+,73+,74+,75+,76+/m1/s1. The molecule has 8 rings (SSSR count). The number of para-hydroxylation sites is 2. The van der Waals surface area contributed by atoms with Gasteiger partial charge in [0.05, 0.1) is 43.9 Å². The summed E-state index contributed by atoms with van der Waals surface area (Å²) >= 11 is 0.744. The quantitative estimate of drug-likeness (QED) is 0.0158. The number of hydrogen-bond acceptors (Lipinski definition) is 23. The number of H-pyrrole nitrogens is 3. The Balaban J connectivity index is 1.21. The average Bonchev–Trinajstić information content (AvgIpc) is 1.80. The number of hydrogen-bond donors (Lipinski definition) is 20. The molecule has 6 aromatic rings. The van der Waals surface area contributed by atoms with Gasteiger partial charge in [-0.15, -0.1) is 11.8 Å². The minimum absolute atomic E-state index is 0.00205. The smallest absolute Gasteiger partial charge is 0.303 e. The molecule has 0 saturated carbocycles. The van der Waals surface area contributed by atoms with Crippen LogP contribution in [0.25, 0.3) is 21.8 Å². The number of Topliss-reactive ketones (excluding diaryl/α,β-unsaturated/α-hetero) is 1. The fourth-order valence-electron chi connectivity index (χ4n) is 17.1. The van der Waals surface area contributed by atoms with Crippen LogP contribution in [0.1, 0.15) is 153 Å². The van der Waals surface area contributed by atoms with Crippen molar-refractivity contribution in [3.63, 3.8) is 0 Å². The van der Waals surface area contributed by atoms with Crippen molar-refractivity contribution in [2.45, 2.75) is 235 Å². The number of phenols is 1. The Morgan fingerprint density at radius 3 is 1.74 bits per heavy atom. The topological polar surface area (TPSA) is 650 Å². The lowest BCUT2D eigenvalue weighted by Gasteiger charge is -2.37. The van der Waals surface area contributed by atoms with Crippen molar-refractivity contribution in [2.24, 2.45) is 29.0 Å². The number of thioether (sulfide) groups is 1. The molecule has 14 atom stereocenters. The predicted molar refractivity (Wildman–Crippen MR) is 508 cm³/mol. The number of unbranched alkanes of at least 4 members (excludes halogenated alkanes) is 2. The number of carbonyl (C=O) groups excluding carboxylic acids is 16. The first-order chi connectivity index (χ1) is 65.2. The number of nitrogens with two attached hydrogens (primary N) is 3. The number of carboxylic acid groups (broad SMARTS) is 1. The van der Waals surface area contributed by atoms with Crippen LogP contribution in [0.2, 0.25) is 0 Å². The lowest BCUT2D eigenvalue weighted by Crippen LogP contribution is -2.61. The minimum atomic E-state index is -1.82. The fraction of sp³-hybridized carbons (Fsp3) is 0.538. The van der Waals surface area contributed by atoms with Gasteiger partial charge in [0.2, 0.25) is 88.6 Å². The first-order valence-corrected chi connectivity index (χ1v) is 47.3. The van der Waals surface area contributed by atoms with Crippen LogP contribution in [-0.2, 0) is 107 Å². The molecule has 2 aliphatic rings. The van der Waals surface area contributed by atoms with Gasteiger partial charge in [0.15, 0.2) is 11.7 Å². The molecular weight excluding hydrogens is 1790 g/mol. The number of nitrogens with one attached hydrogen (secondary N) is 14. The van der Waals surface area contributed by atoms with Gasteiger partial charge in [0, 0.05) is 137 Å².